The minimum atomic E-state index is 0.851. The lowest BCUT2D eigenvalue weighted by Crippen LogP contribution is -1.82. The molecule has 2 rings (SSSR count). The molecule has 0 amide bonds. The normalized spacial score (nSPS) is 16.9. The summed E-state index contributed by atoms with van der Waals surface area (Å²) in [6, 6.07) is 6.60. The molecule has 0 radical (unpaired) electrons. The third-order valence-corrected chi connectivity index (χ3v) is 2.89. The van der Waals surface area contributed by atoms with Crippen LogP contribution in [-0.2, 0) is 0 Å². The molecule has 0 nitrogen and oxygen atoms in total. The molecule has 1 aromatic rings. The SMILES string of the molecule is Cc1ccc(Br)c(C2CC2)c1. The van der Waals surface area contributed by atoms with E-state index in [9.17, 15) is 0 Å². The molecular weight excluding hydrogens is 200 g/mol. The van der Waals surface area contributed by atoms with E-state index < -0.39 is 0 Å². The van der Waals surface area contributed by atoms with Crippen LogP contribution in [0, 0.1) is 6.92 Å². The molecule has 0 aliphatic heterocycles. The summed E-state index contributed by atoms with van der Waals surface area (Å²) in [5, 5.41) is 0. The fraction of sp³-hybridized carbons (Fsp3) is 0.400. The highest BCUT2D eigenvalue weighted by Gasteiger charge is 2.25. The first-order chi connectivity index (χ1) is 5.27. The van der Waals surface area contributed by atoms with Crippen molar-refractivity contribution in [3.05, 3.63) is 33.8 Å². The van der Waals surface area contributed by atoms with Gasteiger partial charge in [0, 0.05) is 4.47 Å². The summed E-state index contributed by atoms with van der Waals surface area (Å²) in [4.78, 5) is 0. The lowest BCUT2D eigenvalue weighted by atomic mass is 10.1. The molecule has 1 aliphatic rings. The maximum absolute atomic E-state index is 3.57. The third-order valence-electron chi connectivity index (χ3n) is 2.17. The fourth-order valence-electron chi connectivity index (χ4n) is 1.37. The van der Waals surface area contributed by atoms with Gasteiger partial charge >= 0.3 is 0 Å². The second-order valence-corrected chi connectivity index (χ2v) is 4.15. The summed E-state index contributed by atoms with van der Waals surface area (Å²) in [7, 11) is 0. The van der Waals surface area contributed by atoms with Gasteiger partial charge in [0.25, 0.3) is 0 Å². The molecular formula is C10H11Br. The Morgan fingerprint density at radius 2 is 2.09 bits per heavy atom. The largest absolute Gasteiger partial charge is 0.0582 e. The molecule has 1 aromatic carbocycles. The average Bonchev–Trinajstić information content (AvgIpc) is 2.76. The molecule has 0 atom stereocenters. The second-order valence-electron chi connectivity index (χ2n) is 3.30. The summed E-state index contributed by atoms with van der Waals surface area (Å²) < 4.78 is 1.28. The summed E-state index contributed by atoms with van der Waals surface area (Å²) in [5.41, 5.74) is 2.88. The Labute approximate surface area is 75.8 Å². The van der Waals surface area contributed by atoms with Crippen LogP contribution in [0.5, 0.6) is 0 Å². The van der Waals surface area contributed by atoms with Gasteiger partial charge in [-0.2, -0.15) is 0 Å². The average molecular weight is 211 g/mol. The Balaban J connectivity index is 2.42. The van der Waals surface area contributed by atoms with E-state index in [2.05, 4.69) is 41.1 Å². The summed E-state index contributed by atoms with van der Waals surface area (Å²) >= 11 is 3.57. The number of hydrogen-bond acceptors (Lipinski definition) is 0. The molecule has 0 heterocycles. The van der Waals surface area contributed by atoms with Crippen molar-refractivity contribution in [1.29, 1.82) is 0 Å². The first-order valence-corrected chi connectivity index (χ1v) is 4.83. The lowest BCUT2D eigenvalue weighted by Gasteiger charge is -2.02. The molecule has 58 valence electrons. The van der Waals surface area contributed by atoms with Crippen molar-refractivity contribution in [2.45, 2.75) is 25.7 Å². The van der Waals surface area contributed by atoms with E-state index in [1.807, 2.05) is 0 Å². The van der Waals surface area contributed by atoms with E-state index >= 15 is 0 Å². The zero-order valence-electron chi connectivity index (χ0n) is 6.60. The Hall–Kier alpha value is -0.300. The van der Waals surface area contributed by atoms with E-state index in [0.717, 1.165) is 5.92 Å². The number of benzene rings is 1. The van der Waals surface area contributed by atoms with E-state index in [1.165, 1.54) is 28.4 Å². The molecule has 0 N–H and O–H groups in total. The van der Waals surface area contributed by atoms with Crippen molar-refractivity contribution in [2.75, 3.05) is 0 Å². The van der Waals surface area contributed by atoms with Gasteiger partial charge in [-0.25, -0.2) is 0 Å². The predicted octanol–water partition coefficient (Wildman–Crippen LogP) is 3.63. The van der Waals surface area contributed by atoms with Crippen molar-refractivity contribution in [2.24, 2.45) is 0 Å². The first kappa shape index (κ1) is 7.35. The molecule has 0 spiro atoms. The Morgan fingerprint density at radius 1 is 1.36 bits per heavy atom. The minimum Gasteiger partial charge on any atom is -0.0582 e. The van der Waals surface area contributed by atoms with Crippen molar-refractivity contribution in [3.63, 3.8) is 0 Å². The van der Waals surface area contributed by atoms with E-state index in [0.29, 0.717) is 0 Å². The monoisotopic (exact) mass is 210 g/mol. The van der Waals surface area contributed by atoms with Gasteiger partial charge < -0.3 is 0 Å². The van der Waals surface area contributed by atoms with Gasteiger partial charge in [-0.3, -0.25) is 0 Å². The fourth-order valence-corrected chi connectivity index (χ4v) is 1.94. The van der Waals surface area contributed by atoms with Crippen molar-refractivity contribution >= 4 is 15.9 Å². The van der Waals surface area contributed by atoms with Crippen LogP contribution in [0.3, 0.4) is 0 Å². The van der Waals surface area contributed by atoms with Crippen LogP contribution in [0.2, 0.25) is 0 Å². The third kappa shape index (κ3) is 1.48. The van der Waals surface area contributed by atoms with Crippen LogP contribution in [0.25, 0.3) is 0 Å². The smallest absolute Gasteiger partial charge is 0.0210 e. The molecule has 0 bridgehead atoms. The molecule has 1 heteroatoms. The van der Waals surface area contributed by atoms with Crippen molar-refractivity contribution in [3.8, 4) is 0 Å². The van der Waals surface area contributed by atoms with Crippen LogP contribution in [0.1, 0.15) is 29.9 Å². The van der Waals surface area contributed by atoms with Gasteiger partial charge in [0.05, 0.1) is 0 Å². The zero-order chi connectivity index (χ0) is 7.84. The number of rotatable bonds is 1. The van der Waals surface area contributed by atoms with Gasteiger partial charge in [0.1, 0.15) is 0 Å². The minimum absolute atomic E-state index is 0.851. The van der Waals surface area contributed by atoms with Crippen LogP contribution in [-0.4, -0.2) is 0 Å². The Kier molecular flexibility index (Phi) is 1.76. The maximum Gasteiger partial charge on any atom is 0.0210 e. The van der Waals surface area contributed by atoms with Crippen LogP contribution >= 0.6 is 15.9 Å². The number of halogens is 1. The standard InChI is InChI=1S/C10H11Br/c1-7-2-5-10(11)9(6-7)8-3-4-8/h2,5-6,8H,3-4H2,1H3. The molecule has 0 aromatic heterocycles. The van der Waals surface area contributed by atoms with Gasteiger partial charge in [0.15, 0.2) is 0 Å². The van der Waals surface area contributed by atoms with Crippen molar-refractivity contribution in [1.82, 2.24) is 0 Å². The van der Waals surface area contributed by atoms with Gasteiger partial charge in [-0.05, 0) is 37.3 Å². The summed E-state index contributed by atoms with van der Waals surface area (Å²) in [6.07, 6.45) is 2.75. The molecule has 11 heavy (non-hydrogen) atoms. The number of aryl methyl sites for hydroxylation is 1. The Bertz CT molecular complexity index is 274. The number of hydrogen-bond donors (Lipinski definition) is 0. The zero-order valence-corrected chi connectivity index (χ0v) is 8.19. The van der Waals surface area contributed by atoms with Gasteiger partial charge in [-0.1, -0.05) is 33.6 Å². The molecule has 1 aliphatic carbocycles. The molecule has 1 fully saturated rings. The lowest BCUT2D eigenvalue weighted by molar-refractivity contribution is 1.11. The van der Waals surface area contributed by atoms with E-state index in [-0.39, 0.29) is 0 Å². The highest BCUT2D eigenvalue weighted by Crippen LogP contribution is 2.43. The topological polar surface area (TPSA) is 0 Å². The summed E-state index contributed by atoms with van der Waals surface area (Å²) in [5.74, 6) is 0.851. The molecule has 0 unspecified atom stereocenters. The summed E-state index contributed by atoms with van der Waals surface area (Å²) in [6.45, 7) is 2.15. The predicted molar refractivity (Wildman–Crippen MR) is 50.9 cm³/mol. The molecule has 1 saturated carbocycles. The van der Waals surface area contributed by atoms with Crippen LogP contribution in [0.15, 0.2) is 22.7 Å². The second kappa shape index (κ2) is 2.63. The highest BCUT2D eigenvalue weighted by molar-refractivity contribution is 9.10. The first-order valence-electron chi connectivity index (χ1n) is 4.03. The molecule has 0 saturated heterocycles. The van der Waals surface area contributed by atoms with E-state index in [1.54, 1.807) is 0 Å². The van der Waals surface area contributed by atoms with Crippen molar-refractivity contribution < 1.29 is 0 Å². The van der Waals surface area contributed by atoms with Gasteiger partial charge in [0.2, 0.25) is 0 Å². The Morgan fingerprint density at radius 3 is 2.73 bits per heavy atom. The van der Waals surface area contributed by atoms with Crippen LogP contribution < -0.4 is 0 Å². The highest BCUT2D eigenvalue weighted by atomic mass is 79.9. The van der Waals surface area contributed by atoms with Crippen LogP contribution in [0.4, 0.5) is 0 Å². The quantitative estimate of drug-likeness (QED) is 0.665. The maximum atomic E-state index is 3.57. The van der Waals surface area contributed by atoms with E-state index in [4.69, 9.17) is 0 Å². The van der Waals surface area contributed by atoms with Gasteiger partial charge in [-0.15, -0.1) is 0 Å².